The average molecular weight is 523 g/mol. The average Bonchev–Trinajstić information content (AvgIpc) is 2.87. The van der Waals surface area contributed by atoms with Gasteiger partial charge in [-0.1, -0.05) is 57.2 Å². The van der Waals surface area contributed by atoms with Crippen molar-refractivity contribution in [2.45, 2.75) is 51.0 Å². The third-order valence-corrected chi connectivity index (χ3v) is 8.33. The summed E-state index contributed by atoms with van der Waals surface area (Å²) in [5, 5.41) is 2.82. The van der Waals surface area contributed by atoms with Crippen LogP contribution in [-0.4, -0.2) is 40.1 Å². The minimum absolute atomic E-state index is 0.137. The lowest BCUT2D eigenvalue weighted by atomic mass is 9.86. The van der Waals surface area contributed by atoms with Crippen molar-refractivity contribution >= 4 is 21.6 Å². The van der Waals surface area contributed by atoms with Crippen LogP contribution in [0.15, 0.2) is 71.6 Å². The van der Waals surface area contributed by atoms with Gasteiger partial charge in [0.15, 0.2) is 6.10 Å². The van der Waals surface area contributed by atoms with E-state index in [1.807, 2.05) is 44.2 Å². The number of hydrogen-bond donors (Lipinski definition) is 1. The molecule has 4 rings (SSSR count). The second-order valence-electron chi connectivity index (χ2n) is 10.2. The molecule has 0 fully saturated rings. The van der Waals surface area contributed by atoms with Gasteiger partial charge in [0.25, 0.3) is 15.9 Å². The Morgan fingerprint density at radius 3 is 2.49 bits per heavy atom. The topological polar surface area (TPSA) is 84.9 Å². The SMILES string of the molecule is Cc1cccc(OCCNC(=O)C2CN(S(=O)(=O)c3ccccc3)c3cc(C(C)(C)C)ccc3O2)c1C. The lowest BCUT2D eigenvalue weighted by molar-refractivity contribution is -0.127. The highest BCUT2D eigenvalue weighted by Crippen LogP contribution is 2.40. The largest absolute Gasteiger partial charge is 0.491 e. The first-order valence-electron chi connectivity index (χ1n) is 12.3. The summed E-state index contributed by atoms with van der Waals surface area (Å²) in [5.74, 6) is 0.723. The Morgan fingerprint density at radius 2 is 1.78 bits per heavy atom. The molecule has 0 aromatic heterocycles. The van der Waals surface area contributed by atoms with Crippen LogP contribution in [0.3, 0.4) is 0 Å². The molecule has 0 aliphatic carbocycles. The summed E-state index contributed by atoms with van der Waals surface area (Å²) in [4.78, 5) is 13.2. The summed E-state index contributed by atoms with van der Waals surface area (Å²) in [6, 6.07) is 19.6. The van der Waals surface area contributed by atoms with Gasteiger partial charge in [-0.2, -0.15) is 0 Å². The zero-order chi connectivity index (χ0) is 26.8. The molecule has 3 aromatic carbocycles. The molecule has 0 spiro atoms. The molecule has 1 amide bonds. The number of benzene rings is 3. The van der Waals surface area contributed by atoms with Gasteiger partial charge in [0.2, 0.25) is 0 Å². The van der Waals surface area contributed by atoms with Crippen molar-refractivity contribution in [3.63, 3.8) is 0 Å². The molecule has 0 radical (unpaired) electrons. The van der Waals surface area contributed by atoms with Gasteiger partial charge in [0.1, 0.15) is 18.1 Å². The summed E-state index contributed by atoms with van der Waals surface area (Å²) in [6.07, 6.45) is -1.01. The van der Waals surface area contributed by atoms with Gasteiger partial charge < -0.3 is 14.8 Å². The number of anilines is 1. The number of amides is 1. The molecule has 3 aromatic rings. The Bertz CT molecular complexity index is 1380. The fourth-order valence-corrected chi connectivity index (χ4v) is 5.62. The Balaban J connectivity index is 1.54. The maximum absolute atomic E-state index is 13.7. The van der Waals surface area contributed by atoms with Crippen LogP contribution < -0.4 is 19.1 Å². The van der Waals surface area contributed by atoms with E-state index in [-0.39, 0.29) is 30.0 Å². The van der Waals surface area contributed by atoms with E-state index in [0.717, 1.165) is 22.4 Å². The van der Waals surface area contributed by atoms with E-state index >= 15 is 0 Å². The zero-order valence-corrected chi connectivity index (χ0v) is 22.8. The standard InChI is InChI=1S/C29H34N2O5S/c1-20-10-9-13-25(21(20)2)35-17-16-30-28(32)27-19-31(37(33,34)23-11-7-6-8-12-23)24-18-22(29(3,4)5)14-15-26(24)36-27/h6-15,18,27H,16-17,19H2,1-5H3,(H,30,32). The normalized spacial score (nSPS) is 15.5. The molecule has 8 heteroatoms. The maximum atomic E-state index is 13.7. The second-order valence-corrected chi connectivity index (χ2v) is 12.1. The number of hydrogen-bond acceptors (Lipinski definition) is 5. The third-order valence-electron chi connectivity index (χ3n) is 6.53. The molecule has 0 saturated heterocycles. The van der Waals surface area contributed by atoms with E-state index in [1.165, 1.54) is 4.31 Å². The zero-order valence-electron chi connectivity index (χ0n) is 21.9. The number of nitrogens with zero attached hydrogens (tertiary/aromatic N) is 1. The van der Waals surface area contributed by atoms with Crippen molar-refractivity contribution in [2.24, 2.45) is 0 Å². The second kappa shape index (κ2) is 10.5. The molecule has 1 N–H and O–H groups in total. The van der Waals surface area contributed by atoms with E-state index in [0.29, 0.717) is 11.4 Å². The first-order valence-corrected chi connectivity index (χ1v) is 13.8. The number of rotatable bonds is 7. The molecule has 0 bridgehead atoms. The number of carbonyl (C=O) groups excluding carboxylic acids is 1. The van der Waals surface area contributed by atoms with Crippen LogP contribution in [0.2, 0.25) is 0 Å². The van der Waals surface area contributed by atoms with Crippen LogP contribution in [0, 0.1) is 13.8 Å². The predicted octanol–water partition coefficient (Wildman–Crippen LogP) is 4.75. The van der Waals surface area contributed by atoms with Crippen LogP contribution in [0.25, 0.3) is 0 Å². The van der Waals surface area contributed by atoms with Crippen molar-refractivity contribution < 1.29 is 22.7 Å². The summed E-state index contributed by atoms with van der Waals surface area (Å²) in [5.41, 5.74) is 3.39. The van der Waals surface area contributed by atoms with Crippen LogP contribution in [0.5, 0.6) is 11.5 Å². The molecule has 7 nitrogen and oxygen atoms in total. The van der Waals surface area contributed by atoms with Crippen molar-refractivity contribution in [2.75, 3.05) is 24.0 Å². The molecule has 1 aliphatic rings. The molecule has 0 saturated carbocycles. The van der Waals surface area contributed by atoms with Gasteiger partial charge in [0.05, 0.1) is 23.7 Å². The van der Waals surface area contributed by atoms with Gasteiger partial charge in [-0.05, 0) is 66.3 Å². The molecule has 1 aliphatic heterocycles. The highest BCUT2D eigenvalue weighted by atomic mass is 32.2. The van der Waals surface area contributed by atoms with Crippen molar-refractivity contribution in [1.82, 2.24) is 5.32 Å². The van der Waals surface area contributed by atoms with Crippen LogP contribution in [0.1, 0.15) is 37.5 Å². The van der Waals surface area contributed by atoms with Gasteiger partial charge in [-0.15, -0.1) is 0 Å². The molecule has 37 heavy (non-hydrogen) atoms. The summed E-state index contributed by atoms with van der Waals surface area (Å²) in [6.45, 7) is 10.6. The lowest BCUT2D eigenvalue weighted by Gasteiger charge is -2.36. The highest BCUT2D eigenvalue weighted by molar-refractivity contribution is 7.92. The maximum Gasteiger partial charge on any atom is 0.264 e. The fourth-order valence-electron chi connectivity index (χ4n) is 4.13. The number of sulfonamides is 1. The van der Waals surface area contributed by atoms with Gasteiger partial charge in [-0.3, -0.25) is 9.10 Å². The minimum Gasteiger partial charge on any atom is -0.491 e. The molecular weight excluding hydrogens is 488 g/mol. The Morgan fingerprint density at radius 1 is 1.05 bits per heavy atom. The lowest BCUT2D eigenvalue weighted by Crippen LogP contribution is -2.51. The summed E-state index contributed by atoms with van der Waals surface area (Å²) in [7, 11) is -3.93. The minimum atomic E-state index is -3.93. The van der Waals surface area contributed by atoms with E-state index in [1.54, 1.807) is 36.4 Å². The fraction of sp³-hybridized carbons (Fsp3) is 0.345. The quantitative estimate of drug-likeness (QED) is 0.453. The first kappa shape index (κ1) is 26.5. The van der Waals surface area contributed by atoms with Crippen LogP contribution in [0.4, 0.5) is 5.69 Å². The first-order chi connectivity index (χ1) is 17.5. The number of fused-ring (bicyclic) bond motifs is 1. The number of carbonyl (C=O) groups is 1. The van der Waals surface area contributed by atoms with E-state index in [9.17, 15) is 13.2 Å². The van der Waals surface area contributed by atoms with Gasteiger partial charge in [0, 0.05) is 0 Å². The Hall–Kier alpha value is -3.52. The van der Waals surface area contributed by atoms with Gasteiger partial charge in [-0.25, -0.2) is 8.42 Å². The van der Waals surface area contributed by atoms with Crippen molar-refractivity contribution in [3.8, 4) is 11.5 Å². The Labute approximate surface area is 219 Å². The number of aryl methyl sites for hydroxylation is 1. The molecule has 1 unspecified atom stereocenters. The monoisotopic (exact) mass is 522 g/mol. The van der Waals surface area contributed by atoms with Crippen LogP contribution >= 0.6 is 0 Å². The molecular formula is C29H34N2O5S. The van der Waals surface area contributed by atoms with E-state index < -0.39 is 22.0 Å². The third kappa shape index (κ3) is 5.74. The number of ether oxygens (including phenoxy) is 2. The van der Waals surface area contributed by atoms with E-state index in [4.69, 9.17) is 9.47 Å². The molecule has 196 valence electrons. The Kier molecular flexibility index (Phi) is 7.50. The van der Waals surface area contributed by atoms with E-state index in [2.05, 4.69) is 26.1 Å². The number of nitrogens with one attached hydrogen (secondary N) is 1. The smallest absolute Gasteiger partial charge is 0.264 e. The predicted molar refractivity (Wildman–Crippen MR) is 145 cm³/mol. The van der Waals surface area contributed by atoms with Crippen molar-refractivity contribution in [3.05, 3.63) is 83.4 Å². The van der Waals surface area contributed by atoms with Crippen molar-refractivity contribution in [1.29, 1.82) is 0 Å². The summed E-state index contributed by atoms with van der Waals surface area (Å²) < 4.78 is 40.5. The molecule has 1 atom stereocenters. The van der Waals surface area contributed by atoms with Crippen LogP contribution in [-0.2, 0) is 20.2 Å². The summed E-state index contributed by atoms with van der Waals surface area (Å²) >= 11 is 0. The van der Waals surface area contributed by atoms with Gasteiger partial charge >= 0.3 is 0 Å². The highest BCUT2D eigenvalue weighted by Gasteiger charge is 2.38. The molecule has 1 heterocycles.